The van der Waals surface area contributed by atoms with Gasteiger partial charge in [0, 0.05) is 33.4 Å². The van der Waals surface area contributed by atoms with E-state index < -0.39 is 9.85 Å². The number of nitro groups is 2. The van der Waals surface area contributed by atoms with E-state index in [1.165, 1.54) is 18.9 Å². The van der Waals surface area contributed by atoms with Gasteiger partial charge < -0.3 is 0 Å². The Labute approximate surface area is 183 Å². The second kappa shape index (κ2) is 10.0. The molecule has 1 fully saturated rings. The van der Waals surface area contributed by atoms with Crippen LogP contribution in [0.1, 0.15) is 26.7 Å². The molecule has 1 aliphatic rings. The van der Waals surface area contributed by atoms with Gasteiger partial charge in [0.1, 0.15) is 11.4 Å². The fourth-order valence-electron chi connectivity index (χ4n) is 2.62. The molecule has 2 N–H and O–H groups in total. The van der Waals surface area contributed by atoms with Crippen LogP contribution in [0.2, 0.25) is 0 Å². The third-order valence-corrected chi connectivity index (χ3v) is 7.07. The van der Waals surface area contributed by atoms with Gasteiger partial charge >= 0.3 is 0 Å². The zero-order chi connectivity index (χ0) is 21.7. The second-order valence-electron chi connectivity index (χ2n) is 7.58. The minimum Gasteiger partial charge on any atom is -0.294 e. The molecule has 0 saturated heterocycles. The van der Waals surface area contributed by atoms with Gasteiger partial charge in [-0.1, -0.05) is 13.8 Å². The normalized spacial score (nSPS) is 13.3. The first-order valence-electron chi connectivity index (χ1n) is 9.68. The van der Waals surface area contributed by atoms with Crippen molar-refractivity contribution in [2.24, 2.45) is 11.8 Å². The number of rotatable bonds is 11. The topological polar surface area (TPSA) is 110 Å². The molecule has 0 bridgehead atoms. The van der Waals surface area contributed by atoms with Gasteiger partial charge in [-0.15, -0.1) is 23.5 Å². The van der Waals surface area contributed by atoms with Crippen LogP contribution in [0.3, 0.4) is 0 Å². The number of benzene rings is 2. The predicted molar refractivity (Wildman–Crippen MR) is 122 cm³/mol. The summed E-state index contributed by atoms with van der Waals surface area (Å²) in [5.41, 5.74) is 5.93. The first kappa shape index (κ1) is 22.2. The average molecular weight is 449 g/mol. The molecule has 0 aromatic heterocycles. The van der Waals surface area contributed by atoms with Crippen LogP contribution in [-0.4, -0.2) is 21.4 Å². The molecular weight excluding hydrogens is 424 g/mol. The molecule has 0 aliphatic heterocycles. The quantitative estimate of drug-likeness (QED) is 0.238. The summed E-state index contributed by atoms with van der Waals surface area (Å²) >= 11 is 3.22. The summed E-state index contributed by atoms with van der Waals surface area (Å²) < 4.78 is 0. The lowest BCUT2D eigenvalue weighted by Crippen LogP contribution is -2.12. The Morgan fingerprint density at radius 1 is 0.933 bits per heavy atom. The summed E-state index contributed by atoms with van der Waals surface area (Å²) in [6, 6.07) is 9.84. The van der Waals surface area contributed by atoms with Crippen LogP contribution in [-0.2, 0) is 0 Å². The van der Waals surface area contributed by atoms with E-state index in [0.29, 0.717) is 5.92 Å². The standard InChI is InChI=1S/C20H24N4O4S2/c1-13(2)11-29-15-6-8-19(23(25)26)18(9-15)22-21-17-7-5-16(10-20(17)24(27)28)30-12-14-3-4-14/h5-10,13-14,21-22H,3-4,11-12H2,1-2H3. The number of thioether (sulfide) groups is 2. The summed E-state index contributed by atoms with van der Waals surface area (Å²) in [5.74, 6) is 3.05. The molecule has 0 heterocycles. The molecule has 3 rings (SSSR count). The number of nitro benzene ring substituents is 2. The molecule has 30 heavy (non-hydrogen) atoms. The summed E-state index contributed by atoms with van der Waals surface area (Å²) in [5, 5.41) is 22.9. The number of hydrogen-bond acceptors (Lipinski definition) is 8. The van der Waals surface area contributed by atoms with Crippen LogP contribution in [0.15, 0.2) is 46.2 Å². The Bertz CT molecular complexity index is 935. The van der Waals surface area contributed by atoms with E-state index in [1.807, 2.05) is 6.07 Å². The average Bonchev–Trinajstić information content (AvgIpc) is 3.53. The van der Waals surface area contributed by atoms with E-state index >= 15 is 0 Å². The molecule has 160 valence electrons. The van der Waals surface area contributed by atoms with Gasteiger partial charge in [-0.05, 0) is 48.9 Å². The fraction of sp³-hybridized carbons (Fsp3) is 0.400. The lowest BCUT2D eigenvalue weighted by atomic mass is 10.2. The van der Waals surface area contributed by atoms with Crippen LogP contribution >= 0.6 is 23.5 Å². The Hall–Kier alpha value is -2.46. The number of hydrogen-bond donors (Lipinski definition) is 2. The zero-order valence-electron chi connectivity index (χ0n) is 16.8. The molecule has 2 aromatic rings. The molecule has 0 spiro atoms. The Kier molecular flexibility index (Phi) is 7.43. The van der Waals surface area contributed by atoms with E-state index in [1.54, 1.807) is 47.8 Å². The van der Waals surface area contributed by atoms with Crippen molar-refractivity contribution < 1.29 is 9.85 Å². The number of hydrazine groups is 1. The summed E-state index contributed by atoms with van der Waals surface area (Å²) in [6.45, 7) is 4.20. The Morgan fingerprint density at radius 2 is 1.57 bits per heavy atom. The zero-order valence-corrected chi connectivity index (χ0v) is 18.4. The van der Waals surface area contributed by atoms with E-state index in [9.17, 15) is 20.2 Å². The van der Waals surface area contributed by atoms with Crippen molar-refractivity contribution in [2.75, 3.05) is 22.4 Å². The number of anilines is 2. The van der Waals surface area contributed by atoms with Gasteiger partial charge in [0.05, 0.1) is 9.85 Å². The lowest BCUT2D eigenvalue weighted by molar-refractivity contribution is -0.384. The molecule has 0 radical (unpaired) electrons. The van der Waals surface area contributed by atoms with E-state index in [-0.39, 0.29) is 22.7 Å². The van der Waals surface area contributed by atoms with Crippen molar-refractivity contribution in [2.45, 2.75) is 36.5 Å². The van der Waals surface area contributed by atoms with E-state index in [2.05, 4.69) is 24.7 Å². The SMILES string of the molecule is CC(C)CSc1ccc([N+](=O)[O-])c(NNc2ccc(SCC3CC3)cc2[N+](=O)[O-])c1. The van der Waals surface area contributed by atoms with Crippen molar-refractivity contribution >= 4 is 46.3 Å². The monoisotopic (exact) mass is 448 g/mol. The van der Waals surface area contributed by atoms with E-state index in [4.69, 9.17) is 0 Å². The smallest absolute Gasteiger partial charge is 0.294 e. The molecule has 1 aliphatic carbocycles. The Morgan fingerprint density at radius 3 is 2.20 bits per heavy atom. The largest absolute Gasteiger partial charge is 0.295 e. The highest BCUT2D eigenvalue weighted by atomic mass is 32.2. The highest BCUT2D eigenvalue weighted by Gasteiger charge is 2.22. The summed E-state index contributed by atoms with van der Waals surface area (Å²) in [4.78, 5) is 23.7. The van der Waals surface area contributed by atoms with E-state index in [0.717, 1.165) is 27.2 Å². The van der Waals surface area contributed by atoms with Crippen LogP contribution in [0.5, 0.6) is 0 Å². The van der Waals surface area contributed by atoms with Crippen molar-refractivity contribution in [3.63, 3.8) is 0 Å². The van der Waals surface area contributed by atoms with Crippen molar-refractivity contribution in [1.82, 2.24) is 0 Å². The van der Waals surface area contributed by atoms with Gasteiger partial charge in [-0.25, -0.2) is 0 Å². The molecule has 0 unspecified atom stereocenters. The number of nitrogens with one attached hydrogen (secondary N) is 2. The van der Waals surface area contributed by atoms with Crippen molar-refractivity contribution in [3.8, 4) is 0 Å². The van der Waals surface area contributed by atoms with Crippen LogP contribution < -0.4 is 10.9 Å². The lowest BCUT2D eigenvalue weighted by Gasteiger charge is -2.13. The van der Waals surface area contributed by atoms with Crippen LogP contribution in [0, 0.1) is 32.1 Å². The van der Waals surface area contributed by atoms with Gasteiger partial charge in [0.15, 0.2) is 0 Å². The van der Waals surface area contributed by atoms with Gasteiger partial charge in [-0.3, -0.25) is 31.1 Å². The first-order valence-corrected chi connectivity index (χ1v) is 11.6. The van der Waals surface area contributed by atoms with Gasteiger partial charge in [-0.2, -0.15) is 0 Å². The molecule has 2 aromatic carbocycles. The third kappa shape index (κ3) is 6.27. The van der Waals surface area contributed by atoms with Crippen molar-refractivity contribution in [3.05, 3.63) is 56.6 Å². The molecular formula is C20H24N4O4S2. The first-order chi connectivity index (χ1) is 14.3. The highest BCUT2D eigenvalue weighted by molar-refractivity contribution is 7.99. The maximum Gasteiger partial charge on any atom is 0.295 e. The number of nitrogens with zero attached hydrogens (tertiary/aromatic N) is 2. The molecule has 0 amide bonds. The maximum atomic E-state index is 11.5. The highest BCUT2D eigenvalue weighted by Crippen LogP contribution is 2.37. The minimum absolute atomic E-state index is 0.0729. The summed E-state index contributed by atoms with van der Waals surface area (Å²) in [7, 11) is 0. The van der Waals surface area contributed by atoms with Crippen molar-refractivity contribution in [1.29, 1.82) is 0 Å². The predicted octanol–water partition coefficient (Wildman–Crippen LogP) is 6.19. The molecule has 0 atom stereocenters. The van der Waals surface area contributed by atoms with Gasteiger partial charge in [0.25, 0.3) is 11.4 Å². The molecule has 10 heteroatoms. The maximum absolute atomic E-state index is 11.5. The molecule has 1 saturated carbocycles. The third-order valence-electron chi connectivity index (χ3n) is 4.43. The fourth-order valence-corrected chi connectivity index (χ4v) is 4.63. The Balaban J connectivity index is 1.76. The van der Waals surface area contributed by atoms with Gasteiger partial charge in [0.2, 0.25) is 0 Å². The minimum atomic E-state index is -0.479. The second-order valence-corrected chi connectivity index (χ2v) is 9.77. The molecule has 8 nitrogen and oxygen atoms in total. The van der Waals surface area contributed by atoms with Crippen LogP contribution in [0.25, 0.3) is 0 Å². The summed E-state index contributed by atoms with van der Waals surface area (Å²) in [6.07, 6.45) is 2.46. The van der Waals surface area contributed by atoms with Crippen LogP contribution in [0.4, 0.5) is 22.7 Å².